The van der Waals surface area contributed by atoms with Gasteiger partial charge in [0.2, 0.25) is 10.0 Å². The Bertz CT molecular complexity index is 744. The van der Waals surface area contributed by atoms with Crippen molar-refractivity contribution in [3.8, 4) is 0 Å². The maximum Gasteiger partial charge on any atom is 0.244 e. The molecule has 0 fully saturated rings. The van der Waals surface area contributed by atoms with E-state index in [1.165, 1.54) is 17.4 Å². The molecule has 21 heavy (non-hydrogen) atoms. The molecule has 2 N–H and O–H groups in total. The van der Waals surface area contributed by atoms with E-state index < -0.39 is 26.8 Å². The molecule has 0 saturated heterocycles. The molecule has 2 rings (SSSR count). The van der Waals surface area contributed by atoms with Crippen LogP contribution in [0.3, 0.4) is 0 Å². The number of aliphatic hydroxyl groups is 1. The minimum absolute atomic E-state index is 0.328. The number of sulfonamides is 1. The van der Waals surface area contributed by atoms with Crippen LogP contribution < -0.4 is 4.72 Å². The highest BCUT2D eigenvalue weighted by Crippen LogP contribution is 2.23. The van der Waals surface area contributed by atoms with Gasteiger partial charge in [0.25, 0.3) is 0 Å². The lowest BCUT2D eigenvalue weighted by molar-refractivity contribution is 0.281. The molecule has 0 aliphatic carbocycles. The molecule has 1 atom stereocenters. The van der Waals surface area contributed by atoms with Crippen molar-refractivity contribution in [1.29, 1.82) is 0 Å². The van der Waals surface area contributed by atoms with Gasteiger partial charge in [-0.05, 0) is 31.5 Å². The number of rotatable bonds is 5. The summed E-state index contributed by atoms with van der Waals surface area (Å²) >= 11 is 1.37. The van der Waals surface area contributed by atoms with Crippen molar-refractivity contribution >= 4 is 21.4 Å². The number of nitrogens with one attached hydrogen (secondary N) is 1. The number of hydrogen-bond acceptors (Lipinski definition) is 5. The first-order valence-electron chi connectivity index (χ1n) is 6.17. The molecule has 114 valence electrons. The Morgan fingerprint density at radius 3 is 2.76 bits per heavy atom. The Morgan fingerprint density at radius 1 is 1.48 bits per heavy atom. The van der Waals surface area contributed by atoms with Gasteiger partial charge in [-0.1, -0.05) is 6.07 Å². The molecule has 0 spiro atoms. The smallest absolute Gasteiger partial charge is 0.244 e. The Hall–Kier alpha value is -1.35. The summed E-state index contributed by atoms with van der Waals surface area (Å²) in [5.74, 6) is -0.859. The van der Waals surface area contributed by atoms with Crippen molar-refractivity contribution in [3.63, 3.8) is 0 Å². The lowest BCUT2D eigenvalue weighted by Crippen LogP contribution is -2.27. The Labute approximate surface area is 126 Å². The lowest BCUT2D eigenvalue weighted by atomic mass is 10.2. The van der Waals surface area contributed by atoms with E-state index in [0.29, 0.717) is 10.6 Å². The SMILES string of the molecule is Cc1cnc(C(C)NS(=O)(=O)c2cc(CO)ccc2F)s1. The van der Waals surface area contributed by atoms with Gasteiger partial charge < -0.3 is 5.11 Å². The van der Waals surface area contributed by atoms with E-state index in [1.807, 2.05) is 6.92 Å². The zero-order valence-corrected chi connectivity index (χ0v) is 13.1. The van der Waals surface area contributed by atoms with E-state index in [0.717, 1.165) is 17.0 Å². The number of aromatic nitrogens is 1. The molecule has 0 aliphatic heterocycles. The fourth-order valence-corrected chi connectivity index (χ4v) is 3.96. The Morgan fingerprint density at radius 2 is 2.19 bits per heavy atom. The quantitative estimate of drug-likeness (QED) is 0.880. The molecule has 1 heterocycles. The minimum atomic E-state index is -4.03. The summed E-state index contributed by atoms with van der Waals surface area (Å²) in [6, 6.07) is 2.92. The Kier molecular flexibility index (Phi) is 4.72. The molecule has 0 saturated carbocycles. The minimum Gasteiger partial charge on any atom is -0.392 e. The maximum atomic E-state index is 13.7. The molecular weight excluding hydrogens is 315 g/mol. The summed E-state index contributed by atoms with van der Waals surface area (Å²) in [7, 11) is -4.03. The fourth-order valence-electron chi connectivity index (χ4n) is 1.77. The van der Waals surface area contributed by atoms with Crippen LogP contribution >= 0.6 is 11.3 Å². The van der Waals surface area contributed by atoms with Crippen LogP contribution in [0.2, 0.25) is 0 Å². The van der Waals surface area contributed by atoms with Crippen LogP contribution in [0.1, 0.15) is 28.4 Å². The third kappa shape index (κ3) is 3.65. The first-order valence-corrected chi connectivity index (χ1v) is 8.47. The summed E-state index contributed by atoms with van der Waals surface area (Å²) < 4.78 is 40.6. The van der Waals surface area contributed by atoms with Gasteiger partial charge in [-0.3, -0.25) is 0 Å². The van der Waals surface area contributed by atoms with Gasteiger partial charge in [-0.15, -0.1) is 11.3 Å². The van der Waals surface area contributed by atoms with Crippen LogP contribution in [0.25, 0.3) is 0 Å². The van der Waals surface area contributed by atoms with Crippen molar-refractivity contribution < 1.29 is 17.9 Å². The second kappa shape index (κ2) is 6.18. The van der Waals surface area contributed by atoms with Gasteiger partial charge in [-0.2, -0.15) is 0 Å². The summed E-state index contributed by atoms with van der Waals surface area (Å²) in [5.41, 5.74) is 0.328. The van der Waals surface area contributed by atoms with E-state index in [4.69, 9.17) is 5.11 Å². The van der Waals surface area contributed by atoms with Gasteiger partial charge in [0.15, 0.2) is 0 Å². The van der Waals surface area contributed by atoms with Crippen LogP contribution in [0.15, 0.2) is 29.3 Å². The predicted molar refractivity (Wildman–Crippen MR) is 77.9 cm³/mol. The zero-order valence-electron chi connectivity index (χ0n) is 11.5. The average Bonchev–Trinajstić information content (AvgIpc) is 2.85. The normalized spacial score (nSPS) is 13.3. The molecule has 8 heteroatoms. The topological polar surface area (TPSA) is 79.3 Å². The average molecular weight is 330 g/mol. The first-order chi connectivity index (χ1) is 9.83. The monoisotopic (exact) mass is 330 g/mol. The largest absolute Gasteiger partial charge is 0.392 e. The van der Waals surface area contributed by atoms with Gasteiger partial charge in [0.1, 0.15) is 15.7 Å². The van der Waals surface area contributed by atoms with Crippen LogP contribution in [0.4, 0.5) is 4.39 Å². The Balaban J connectivity index is 2.30. The number of thiazole rings is 1. The van der Waals surface area contributed by atoms with E-state index in [1.54, 1.807) is 13.1 Å². The van der Waals surface area contributed by atoms with Crippen molar-refractivity contribution in [2.24, 2.45) is 0 Å². The van der Waals surface area contributed by atoms with Crippen molar-refractivity contribution in [3.05, 3.63) is 45.7 Å². The summed E-state index contributed by atoms with van der Waals surface area (Å²) in [5, 5.41) is 9.64. The predicted octanol–water partition coefficient (Wildman–Crippen LogP) is 2.12. The number of aliphatic hydroxyl groups excluding tert-OH is 1. The third-order valence-electron chi connectivity index (χ3n) is 2.81. The molecule has 0 radical (unpaired) electrons. The molecule has 5 nitrogen and oxygen atoms in total. The summed E-state index contributed by atoms with van der Waals surface area (Å²) in [4.78, 5) is 4.59. The number of nitrogens with zero attached hydrogens (tertiary/aromatic N) is 1. The molecule has 0 bridgehead atoms. The van der Waals surface area contributed by atoms with E-state index >= 15 is 0 Å². The van der Waals surface area contributed by atoms with Gasteiger partial charge >= 0.3 is 0 Å². The van der Waals surface area contributed by atoms with Crippen LogP contribution in [0.5, 0.6) is 0 Å². The van der Waals surface area contributed by atoms with Gasteiger partial charge in [0.05, 0.1) is 12.6 Å². The van der Waals surface area contributed by atoms with Crippen molar-refractivity contribution in [2.75, 3.05) is 0 Å². The summed E-state index contributed by atoms with van der Waals surface area (Å²) in [6.45, 7) is 3.15. The number of halogens is 1. The lowest BCUT2D eigenvalue weighted by Gasteiger charge is -2.13. The number of hydrogen-bond donors (Lipinski definition) is 2. The third-order valence-corrected chi connectivity index (χ3v) is 5.46. The van der Waals surface area contributed by atoms with E-state index in [2.05, 4.69) is 9.71 Å². The second-order valence-electron chi connectivity index (χ2n) is 4.58. The molecule has 1 aromatic carbocycles. The number of aryl methyl sites for hydroxylation is 1. The standard InChI is InChI=1S/C13H15FN2O3S2/c1-8-6-15-13(20-8)9(2)16-21(18,19)12-5-10(7-17)3-4-11(12)14/h3-6,9,16-17H,7H2,1-2H3. The zero-order chi connectivity index (χ0) is 15.6. The van der Waals surface area contributed by atoms with E-state index in [-0.39, 0.29) is 6.61 Å². The van der Waals surface area contributed by atoms with Crippen LogP contribution in [-0.2, 0) is 16.6 Å². The van der Waals surface area contributed by atoms with E-state index in [9.17, 15) is 12.8 Å². The fraction of sp³-hybridized carbons (Fsp3) is 0.308. The highest BCUT2D eigenvalue weighted by Gasteiger charge is 2.23. The van der Waals surface area contributed by atoms with Crippen molar-refractivity contribution in [2.45, 2.75) is 31.4 Å². The molecule has 0 amide bonds. The second-order valence-corrected chi connectivity index (χ2v) is 7.52. The highest BCUT2D eigenvalue weighted by molar-refractivity contribution is 7.89. The maximum absolute atomic E-state index is 13.7. The van der Waals surface area contributed by atoms with Crippen LogP contribution in [0, 0.1) is 12.7 Å². The van der Waals surface area contributed by atoms with Gasteiger partial charge in [-0.25, -0.2) is 22.5 Å². The molecule has 1 aromatic heterocycles. The summed E-state index contributed by atoms with van der Waals surface area (Å²) in [6.07, 6.45) is 1.65. The highest BCUT2D eigenvalue weighted by atomic mass is 32.2. The molecule has 1 unspecified atom stereocenters. The first kappa shape index (κ1) is 16.0. The molecule has 0 aliphatic rings. The van der Waals surface area contributed by atoms with Gasteiger partial charge in [0, 0.05) is 11.1 Å². The van der Waals surface area contributed by atoms with Crippen LogP contribution in [-0.4, -0.2) is 18.5 Å². The molecule has 2 aromatic rings. The van der Waals surface area contributed by atoms with Crippen molar-refractivity contribution in [1.82, 2.24) is 9.71 Å². The number of benzene rings is 1. The molecular formula is C13H15FN2O3S2.